The van der Waals surface area contributed by atoms with Crippen molar-refractivity contribution >= 4 is 39.7 Å². The van der Waals surface area contributed by atoms with Gasteiger partial charge < -0.3 is 20.9 Å². The molecule has 24 heavy (non-hydrogen) atoms. The average Bonchev–Trinajstić information content (AvgIpc) is 2.58. The van der Waals surface area contributed by atoms with E-state index in [4.69, 9.17) is 22.1 Å². The molecule has 3 rings (SSSR count). The maximum Gasteiger partial charge on any atom is 0.259 e. The van der Waals surface area contributed by atoms with Gasteiger partial charge in [0.05, 0.1) is 24.0 Å². The standard InChI is InChI=1S/C18H15ClN2O3/c1-24-15-7-6-11(19)9-14(15)21-18(23)13-8-10-4-2-3-5-12(10)16(20)17(13)22/h2-9,22H,20H2,1H3,(H,21,23). The smallest absolute Gasteiger partial charge is 0.259 e. The van der Waals surface area contributed by atoms with Crippen LogP contribution in [0.1, 0.15) is 10.4 Å². The summed E-state index contributed by atoms with van der Waals surface area (Å²) in [7, 11) is 1.49. The van der Waals surface area contributed by atoms with Crippen LogP contribution in [-0.4, -0.2) is 18.1 Å². The van der Waals surface area contributed by atoms with Gasteiger partial charge in [0.1, 0.15) is 5.75 Å². The number of anilines is 2. The first-order valence-electron chi connectivity index (χ1n) is 7.16. The van der Waals surface area contributed by atoms with Gasteiger partial charge in [0, 0.05) is 10.4 Å². The Hall–Kier alpha value is -2.92. The van der Waals surface area contributed by atoms with Crippen molar-refractivity contribution in [2.45, 2.75) is 0 Å². The second-order valence-electron chi connectivity index (χ2n) is 5.21. The minimum atomic E-state index is -0.509. The van der Waals surface area contributed by atoms with Gasteiger partial charge >= 0.3 is 0 Å². The molecule has 0 saturated heterocycles. The molecular weight excluding hydrogens is 328 g/mol. The highest BCUT2D eigenvalue weighted by Gasteiger charge is 2.18. The number of nitrogens with one attached hydrogen (secondary N) is 1. The summed E-state index contributed by atoms with van der Waals surface area (Å²) in [5.41, 5.74) is 6.60. The average molecular weight is 343 g/mol. The normalized spacial score (nSPS) is 10.6. The second kappa shape index (κ2) is 6.29. The molecule has 3 aromatic carbocycles. The molecule has 0 unspecified atom stereocenters. The molecule has 0 saturated carbocycles. The molecule has 0 atom stereocenters. The van der Waals surface area contributed by atoms with Crippen molar-refractivity contribution in [1.82, 2.24) is 0 Å². The Kier molecular flexibility index (Phi) is 4.18. The predicted octanol–water partition coefficient (Wildman–Crippen LogP) is 4.04. The number of carbonyl (C=O) groups excluding carboxylic acids is 1. The minimum Gasteiger partial charge on any atom is -0.505 e. The molecule has 0 heterocycles. The van der Waals surface area contributed by atoms with Crippen LogP contribution in [0.2, 0.25) is 5.02 Å². The number of hydrogen-bond acceptors (Lipinski definition) is 4. The molecular formula is C18H15ClN2O3. The number of phenols is 1. The monoisotopic (exact) mass is 342 g/mol. The summed E-state index contributed by atoms with van der Waals surface area (Å²) >= 11 is 5.96. The van der Waals surface area contributed by atoms with Crippen molar-refractivity contribution in [3.63, 3.8) is 0 Å². The quantitative estimate of drug-likeness (QED) is 0.495. The van der Waals surface area contributed by atoms with Gasteiger partial charge in [-0.05, 0) is 29.7 Å². The third-order valence-electron chi connectivity index (χ3n) is 3.72. The third-order valence-corrected chi connectivity index (χ3v) is 3.95. The highest BCUT2D eigenvalue weighted by Crippen LogP contribution is 2.35. The van der Waals surface area contributed by atoms with E-state index >= 15 is 0 Å². The Morgan fingerprint density at radius 3 is 2.71 bits per heavy atom. The van der Waals surface area contributed by atoms with Gasteiger partial charge in [-0.3, -0.25) is 4.79 Å². The van der Waals surface area contributed by atoms with Crippen LogP contribution in [0, 0.1) is 0 Å². The zero-order valence-corrected chi connectivity index (χ0v) is 13.6. The zero-order valence-electron chi connectivity index (χ0n) is 12.8. The summed E-state index contributed by atoms with van der Waals surface area (Å²) in [6, 6.07) is 13.7. The molecule has 0 fully saturated rings. The number of nitrogen functional groups attached to an aromatic ring is 1. The fraction of sp³-hybridized carbons (Fsp3) is 0.0556. The lowest BCUT2D eigenvalue weighted by Crippen LogP contribution is -2.13. The number of fused-ring (bicyclic) bond motifs is 1. The van der Waals surface area contributed by atoms with Gasteiger partial charge in [0.2, 0.25) is 0 Å². The lowest BCUT2D eigenvalue weighted by molar-refractivity contribution is 0.102. The van der Waals surface area contributed by atoms with Gasteiger partial charge in [-0.1, -0.05) is 35.9 Å². The third kappa shape index (κ3) is 2.81. The molecule has 3 aromatic rings. The number of benzene rings is 3. The number of aromatic hydroxyl groups is 1. The number of phenolic OH excluding ortho intramolecular Hbond substituents is 1. The molecule has 0 bridgehead atoms. The van der Waals surface area contributed by atoms with Crippen molar-refractivity contribution in [2.24, 2.45) is 0 Å². The molecule has 5 nitrogen and oxygen atoms in total. The maximum atomic E-state index is 12.6. The fourth-order valence-electron chi connectivity index (χ4n) is 2.51. The summed E-state index contributed by atoms with van der Waals surface area (Å²) in [5.74, 6) is -0.307. The van der Waals surface area contributed by atoms with Crippen LogP contribution in [0.5, 0.6) is 11.5 Å². The molecule has 0 aliphatic heterocycles. The van der Waals surface area contributed by atoms with E-state index in [0.29, 0.717) is 21.8 Å². The zero-order chi connectivity index (χ0) is 17.3. The molecule has 1 amide bonds. The minimum absolute atomic E-state index is 0.0771. The number of rotatable bonds is 3. The van der Waals surface area contributed by atoms with E-state index in [1.54, 1.807) is 30.3 Å². The van der Waals surface area contributed by atoms with E-state index in [2.05, 4.69) is 5.32 Å². The highest BCUT2D eigenvalue weighted by atomic mass is 35.5. The first-order valence-corrected chi connectivity index (χ1v) is 7.54. The second-order valence-corrected chi connectivity index (χ2v) is 5.64. The lowest BCUT2D eigenvalue weighted by Gasteiger charge is -2.13. The SMILES string of the molecule is COc1ccc(Cl)cc1NC(=O)c1cc2ccccc2c(N)c1O. The number of ether oxygens (including phenoxy) is 1. The van der Waals surface area contributed by atoms with E-state index in [1.165, 1.54) is 7.11 Å². The summed E-state index contributed by atoms with van der Waals surface area (Å²) in [5, 5.41) is 14.9. The van der Waals surface area contributed by atoms with E-state index in [9.17, 15) is 9.90 Å². The molecule has 6 heteroatoms. The van der Waals surface area contributed by atoms with Crippen LogP contribution in [0.25, 0.3) is 10.8 Å². The summed E-state index contributed by atoms with van der Waals surface area (Å²) < 4.78 is 5.20. The fourth-order valence-corrected chi connectivity index (χ4v) is 2.68. The number of amides is 1. The van der Waals surface area contributed by atoms with Crippen LogP contribution in [-0.2, 0) is 0 Å². The van der Waals surface area contributed by atoms with Crippen molar-refractivity contribution in [3.05, 3.63) is 59.1 Å². The predicted molar refractivity (Wildman–Crippen MR) is 96.0 cm³/mol. The lowest BCUT2D eigenvalue weighted by atomic mass is 10.0. The largest absolute Gasteiger partial charge is 0.505 e. The number of hydrogen-bond donors (Lipinski definition) is 3. The topological polar surface area (TPSA) is 84.6 Å². The Labute approximate surface area is 143 Å². The Bertz CT molecular complexity index is 941. The van der Waals surface area contributed by atoms with Gasteiger partial charge in [0.15, 0.2) is 5.75 Å². The van der Waals surface area contributed by atoms with Gasteiger partial charge in [-0.25, -0.2) is 0 Å². The molecule has 0 aromatic heterocycles. The van der Waals surface area contributed by atoms with Crippen molar-refractivity contribution in [1.29, 1.82) is 0 Å². The van der Waals surface area contributed by atoms with E-state index in [-0.39, 0.29) is 17.0 Å². The van der Waals surface area contributed by atoms with Crippen LogP contribution in [0.4, 0.5) is 11.4 Å². The Morgan fingerprint density at radius 1 is 1.21 bits per heavy atom. The number of nitrogens with two attached hydrogens (primary N) is 1. The first kappa shape index (κ1) is 16.0. The Morgan fingerprint density at radius 2 is 1.96 bits per heavy atom. The summed E-state index contributed by atoms with van der Waals surface area (Å²) in [4.78, 5) is 12.6. The highest BCUT2D eigenvalue weighted by molar-refractivity contribution is 6.31. The summed E-state index contributed by atoms with van der Waals surface area (Å²) in [6.07, 6.45) is 0. The van der Waals surface area contributed by atoms with Crippen LogP contribution < -0.4 is 15.8 Å². The van der Waals surface area contributed by atoms with E-state index < -0.39 is 5.91 Å². The first-order chi connectivity index (χ1) is 11.5. The molecule has 0 spiro atoms. The van der Waals surface area contributed by atoms with Crippen LogP contribution in [0.15, 0.2) is 48.5 Å². The molecule has 122 valence electrons. The van der Waals surface area contributed by atoms with E-state index in [1.807, 2.05) is 18.2 Å². The van der Waals surface area contributed by atoms with Crippen LogP contribution in [0.3, 0.4) is 0 Å². The molecule has 0 aliphatic carbocycles. The number of halogens is 1. The Balaban J connectivity index is 2.03. The van der Waals surface area contributed by atoms with Crippen LogP contribution >= 0.6 is 11.6 Å². The van der Waals surface area contributed by atoms with Crippen molar-refractivity contribution in [3.8, 4) is 11.5 Å². The molecule has 0 aliphatic rings. The maximum absolute atomic E-state index is 12.6. The summed E-state index contributed by atoms with van der Waals surface area (Å²) in [6.45, 7) is 0. The van der Waals surface area contributed by atoms with Gasteiger partial charge in [-0.2, -0.15) is 0 Å². The van der Waals surface area contributed by atoms with E-state index in [0.717, 1.165) is 5.39 Å². The molecule has 4 N–H and O–H groups in total. The van der Waals surface area contributed by atoms with Gasteiger partial charge in [0.25, 0.3) is 5.91 Å². The molecule has 0 radical (unpaired) electrons. The number of carbonyl (C=O) groups is 1. The van der Waals surface area contributed by atoms with Gasteiger partial charge in [-0.15, -0.1) is 0 Å². The van der Waals surface area contributed by atoms with Crippen molar-refractivity contribution < 1.29 is 14.6 Å². The number of methoxy groups -OCH3 is 1. The van der Waals surface area contributed by atoms with Crippen molar-refractivity contribution in [2.75, 3.05) is 18.2 Å².